The summed E-state index contributed by atoms with van der Waals surface area (Å²) in [5.41, 5.74) is 3.98. The minimum absolute atomic E-state index is 0.603. The zero-order valence-electron chi connectivity index (χ0n) is 11.3. The predicted octanol–water partition coefficient (Wildman–Crippen LogP) is 3.17. The van der Waals surface area contributed by atoms with Crippen LogP contribution in [0, 0.1) is 13.8 Å². The second-order valence-corrected chi connectivity index (χ2v) is 5.06. The van der Waals surface area contributed by atoms with Crippen LogP contribution in [-0.4, -0.2) is 20.2 Å². The van der Waals surface area contributed by atoms with Gasteiger partial charge in [-0.2, -0.15) is 0 Å². The van der Waals surface area contributed by atoms with Crippen LogP contribution in [0.4, 0.5) is 0 Å². The number of aryl methyl sites for hydroxylation is 1. The largest absolute Gasteiger partial charge is 0.496 e. The summed E-state index contributed by atoms with van der Waals surface area (Å²) in [4.78, 5) is 0. The van der Waals surface area contributed by atoms with Crippen molar-refractivity contribution in [3.05, 3.63) is 28.8 Å². The maximum atomic E-state index is 5.63. The molecule has 0 radical (unpaired) electrons. The van der Waals surface area contributed by atoms with Gasteiger partial charge in [-0.25, -0.2) is 0 Å². The molecule has 94 valence electrons. The molecule has 2 nitrogen and oxygen atoms in total. The maximum Gasteiger partial charge on any atom is 0.125 e. The van der Waals surface area contributed by atoms with E-state index in [1.165, 1.54) is 36.0 Å². The Balaban J connectivity index is 2.41. The van der Waals surface area contributed by atoms with Crippen molar-refractivity contribution >= 4 is 0 Å². The molecule has 1 fully saturated rings. The van der Waals surface area contributed by atoms with Crippen LogP contribution in [0.15, 0.2) is 12.1 Å². The van der Waals surface area contributed by atoms with Crippen LogP contribution >= 0.6 is 0 Å². The van der Waals surface area contributed by atoms with Gasteiger partial charge in [-0.3, -0.25) is 0 Å². The summed E-state index contributed by atoms with van der Waals surface area (Å²) in [6.07, 6.45) is 3.86. The first-order chi connectivity index (χ1) is 8.19. The van der Waals surface area contributed by atoms with Crippen LogP contribution in [-0.2, 0) is 0 Å². The number of rotatable bonds is 3. The fraction of sp³-hybridized carbons (Fsp3) is 0.600. The van der Waals surface area contributed by atoms with Gasteiger partial charge in [0, 0.05) is 12.0 Å². The normalized spacial score (nSPS) is 24.0. The number of ether oxygens (including phenoxy) is 1. The lowest BCUT2D eigenvalue weighted by atomic mass is 9.90. The molecule has 17 heavy (non-hydrogen) atoms. The molecule has 2 heteroatoms. The minimum Gasteiger partial charge on any atom is -0.496 e. The highest BCUT2D eigenvalue weighted by Gasteiger charge is 2.29. The van der Waals surface area contributed by atoms with Crippen molar-refractivity contribution in [3.8, 4) is 5.75 Å². The molecule has 0 bridgehead atoms. The first-order valence-corrected chi connectivity index (χ1v) is 6.50. The fourth-order valence-corrected chi connectivity index (χ4v) is 3.05. The summed E-state index contributed by atoms with van der Waals surface area (Å²) in [5, 5.41) is 3.44. The average Bonchev–Trinajstić information content (AvgIpc) is 2.80. The Morgan fingerprint density at radius 3 is 2.65 bits per heavy atom. The van der Waals surface area contributed by atoms with E-state index in [-0.39, 0.29) is 0 Å². The first-order valence-electron chi connectivity index (χ1n) is 6.50. The summed E-state index contributed by atoms with van der Waals surface area (Å²) in [6, 6.07) is 5.07. The second-order valence-electron chi connectivity index (χ2n) is 5.06. The van der Waals surface area contributed by atoms with Crippen molar-refractivity contribution in [2.75, 3.05) is 14.2 Å². The van der Waals surface area contributed by atoms with Crippen molar-refractivity contribution in [1.82, 2.24) is 5.32 Å². The third-order valence-corrected chi connectivity index (χ3v) is 4.20. The Labute approximate surface area is 104 Å². The fourth-order valence-electron chi connectivity index (χ4n) is 3.05. The molecule has 0 amide bonds. The summed E-state index contributed by atoms with van der Waals surface area (Å²) < 4.78 is 5.63. The molecule has 1 N–H and O–H groups in total. The molecule has 2 rings (SSSR count). The van der Waals surface area contributed by atoms with Gasteiger partial charge in [0.05, 0.1) is 7.11 Å². The zero-order chi connectivity index (χ0) is 12.4. The van der Waals surface area contributed by atoms with Crippen molar-refractivity contribution in [2.24, 2.45) is 0 Å². The van der Waals surface area contributed by atoms with E-state index in [0.717, 1.165) is 5.75 Å². The maximum absolute atomic E-state index is 5.63. The van der Waals surface area contributed by atoms with Gasteiger partial charge < -0.3 is 10.1 Å². The minimum atomic E-state index is 0.603. The first kappa shape index (κ1) is 12.4. The number of methoxy groups -OCH3 is 1. The molecule has 1 aromatic rings. The van der Waals surface area contributed by atoms with E-state index in [1.807, 2.05) is 0 Å². The molecular formula is C15H23NO. The lowest BCUT2D eigenvalue weighted by Crippen LogP contribution is -2.27. The van der Waals surface area contributed by atoms with Gasteiger partial charge in [0.1, 0.15) is 5.75 Å². The molecule has 0 heterocycles. The highest BCUT2D eigenvalue weighted by Crippen LogP contribution is 2.40. The Hall–Kier alpha value is -1.02. The highest BCUT2D eigenvalue weighted by molar-refractivity contribution is 5.47. The van der Waals surface area contributed by atoms with Crippen LogP contribution in [0.3, 0.4) is 0 Å². The predicted molar refractivity (Wildman–Crippen MR) is 71.9 cm³/mol. The summed E-state index contributed by atoms with van der Waals surface area (Å²) in [7, 11) is 3.85. The van der Waals surface area contributed by atoms with Gasteiger partial charge in [-0.05, 0) is 50.4 Å². The Morgan fingerprint density at radius 1 is 1.24 bits per heavy atom. The molecule has 0 spiro atoms. The van der Waals surface area contributed by atoms with Crippen molar-refractivity contribution in [2.45, 2.75) is 45.1 Å². The van der Waals surface area contributed by atoms with Crippen LogP contribution in [0.25, 0.3) is 0 Å². The lowest BCUT2D eigenvalue weighted by Gasteiger charge is -2.23. The summed E-state index contributed by atoms with van der Waals surface area (Å²) >= 11 is 0. The van der Waals surface area contributed by atoms with Gasteiger partial charge >= 0.3 is 0 Å². The molecule has 1 aliphatic rings. The molecule has 0 aliphatic heterocycles. The van der Waals surface area contributed by atoms with Crippen molar-refractivity contribution < 1.29 is 4.74 Å². The van der Waals surface area contributed by atoms with Gasteiger partial charge in [0.15, 0.2) is 0 Å². The Morgan fingerprint density at radius 2 is 2.00 bits per heavy atom. The van der Waals surface area contributed by atoms with Gasteiger partial charge in [-0.15, -0.1) is 0 Å². The van der Waals surface area contributed by atoms with Crippen molar-refractivity contribution in [1.29, 1.82) is 0 Å². The van der Waals surface area contributed by atoms with E-state index in [9.17, 15) is 0 Å². The topological polar surface area (TPSA) is 21.3 Å². The third kappa shape index (κ3) is 2.19. The highest BCUT2D eigenvalue weighted by atomic mass is 16.5. The Bertz CT molecular complexity index is 400. The van der Waals surface area contributed by atoms with E-state index in [4.69, 9.17) is 4.74 Å². The molecule has 1 aliphatic carbocycles. The number of hydrogen-bond donors (Lipinski definition) is 1. The molecule has 2 atom stereocenters. The van der Waals surface area contributed by atoms with Crippen LogP contribution in [0.5, 0.6) is 5.75 Å². The monoisotopic (exact) mass is 233 g/mol. The zero-order valence-corrected chi connectivity index (χ0v) is 11.3. The van der Waals surface area contributed by atoms with Gasteiger partial charge in [-0.1, -0.05) is 18.6 Å². The lowest BCUT2D eigenvalue weighted by molar-refractivity contribution is 0.396. The quantitative estimate of drug-likeness (QED) is 0.866. The number of nitrogens with one attached hydrogen (secondary N) is 1. The van der Waals surface area contributed by atoms with E-state index >= 15 is 0 Å². The summed E-state index contributed by atoms with van der Waals surface area (Å²) in [5.74, 6) is 1.70. The van der Waals surface area contributed by atoms with Gasteiger partial charge in [0.2, 0.25) is 0 Å². The second kappa shape index (κ2) is 5.09. The molecule has 0 aromatic heterocycles. The number of hydrogen-bond acceptors (Lipinski definition) is 2. The van der Waals surface area contributed by atoms with Crippen LogP contribution in [0.1, 0.15) is 41.9 Å². The van der Waals surface area contributed by atoms with Crippen molar-refractivity contribution in [3.63, 3.8) is 0 Å². The number of likely N-dealkylation sites (N-methyl/N-ethyl adjacent to an activating group) is 1. The molecular weight excluding hydrogens is 210 g/mol. The molecule has 1 saturated carbocycles. The van der Waals surface area contributed by atoms with Crippen LogP contribution < -0.4 is 10.1 Å². The smallest absolute Gasteiger partial charge is 0.125 e. The molecule has 0 saturated heterocycles. The van der Waals surface area contributed by atoms with E-state index in [0.29, 0.717) is 12.0 Å². The average molecular weight is 233 g/mol. The van der Waals surface area contributed by atoms with Gasteiger partial charge in [0.25, 0.3) is 0 Å². The van der Waals surface area contributed by atoms with E-state index in [2.05, 4.69) is 38.3 Å². The van der Waals surface area contributed by atoms with Crippen LogP contribution in [0.2, 0.25) is 0 Å². The number of benzene rings is 1. The Kier molecular flexibility index (Phi) is 3.72. The summed E-state index contributed by atoms with van der Waals surface area (Å²) in [6.45, 7) is 4.30. The third-order valence-electron chi connectivity index (χ3n) is 4.20. The standard InChI is InChI=1S/C15H23NO/c1-10-8-9-13(15(17-4)11(10)2)12-6-5-7-14(12)16-3/h8-9,12,14,16H,5-7H2,1-4H3. The molecule has 1 aromatic carbocycles. The van der Waals surface area contributed by atoms with E-state index in [1.54, 1.807) is 7.11 Å². The molecule has 2 unspecified atom stereocenters. The SMILES string of the molecule is CNC1CCCC1c1ccc(C)c(C)c1OC. The van der Waals surface area contributed by atoms with E-state index < -0.39 is 0 Å².